The number of ether oxygens (including phenoxy) is 6. The van der Waals surface area contributed by atoms with Crippen molar-refractivity contribution < 1.29 is 41.0 Å². The molecule has 0 bridgehead atoms. The Bertz CT molecular complexity index is 1320. The maximum atomic E-state index is 12.2. The highest BCUT2D eigenvalue weighted by Gasteiger charge is 2.53. The van der Waals surface area contributed by atoms with Crippen LogP contribution in [0.5, 0.6) is 0 Å². The Labute approximate surface area is 227 Å². The van der Waals surface area contributed by atoms with Crippen LogP contribution in [-0.2, 0) is 42.7 Å². The summed E-state index contributed by atoms with van der Waals surface area (Å²) in [5.74, 6) is 0. The van der Waals surface area contributed by atoms with Crippen LogP contribution in [0.4, 0.5) is 0 Å². The maximum Gasteiger partial charge on any atom is 0.264 e. The molecular weight excluding hydrogens is 524 g/mol. The van der Waals surface area contributed by atoms with Crippen LogP contribution in [-0.4, -0.2) is 58.4 Å². The lowest BCUT2D eigenvalue weighted by Crippen LogP contribution is -2.62. The highest BCUT2D eigenvalue weighted by atomic mass is 32.2. The van der Waals surface area contributed by atoms with Crippen LogP contribution in [0.25, 0.3) is 0 Å². The first-order valence-corrected chi connectivity index (χ1v) is 14.6. The van der Waals surface area contributed by atoms with Crippen LogP contribution in [0.15, 0.2) is 91.0 Å². The fraction of sp³-hybridized carbons (Fsp3) is 0.379. The average Bonchev–Trinajstić information content (AvgIpc) is 2.97. The summed E-state index contributed by atoms with van der Waals surface area (Å²) in [4.78, 5) is 0. The van der Waals surface area contributed by atoms with Gasteiger partial charge in [-0.2, -0.15) is 8.42 Å². The van der Waals surface area contributed by atoms with Crippen LogP contribution in [0.2, 0.25) is 0 Å². The minimum atomic E-state index is -3.84. The molecule has 0 radical (unpaired) electrons. The van der Waals surface area contributed by atoms with E-state index in [-0.39, 0.29) is 13.2 Å². The van der Waals surface area contributed by atoms with Gasteiger partial charge in [0.15, 0.2) is 18.9 Å². The van der Waals surface area contributed by atoms with Gasteiger partial charge in [0, 0.05) is 16.7 Å². The second kappa shape index (κ2) is 11.4. The summed E-state index contributed by atoms with van der Waals surface area (Å²) in [5, 5.41) is 0. The first-order chi connectivity index (χ1) is 18.9. The molecule has 0 aliphatic carbocycles. The molecule has 3 heterocycles. The predicted molar refractivity (Wildman–Crippen MR) is 139 cm³/mol. The molecule has 10 heteroatoms. The van der Waals surface area contributed by atoms with Gasteiger partial charge in [-0.3, -0.25) is 4.18 Å². The van der Waals surface area contributed by atoms with Gasteiger partial charge in [-0.1, -0.05) is 91.0 Å². The minimum absolute atomic E-state index is 0.0238. The summed E-state index contributed by atoms with van der Waals surface area (Å²) in [7, 11) is -3.84. The second-order valence-corrected chi connectivity index (χ2v) is 11.3. The summed E-state index contributed by atoms with van der Waals surface area (Å²) in [5.41, 5.74) is 2.44. The third-order valence-corrected chi connectivity index (χ3v) is 7.46. The molecular formula is C29H30O9S. The molecule has 3 aromatic rings. The predicted octanol–water partition coefficient (Wildman–Crippen LogP) is 4.04. The minimum Gasteiger partial charge on any atom is -0.346 e. The van der Waals surface area contributed by atoms with E-state index in [1.165, 1.54) is 0 Å². The standard InChI is InChI=1S/C29H30O9S/c1-39(30,31)38-23-18-33-28(20-13-7-3-8-14-20)36-25(23)26-24-22(34-29(37-26)21-15-9-4-10-16-21)17-32-27(35-24)19-11-5-2-6-12-19/h2-16,22-29H,17-18H2,1H3. The summed E-state index contributed by atoms with van der Waals surface area (Å²) in [6, 6.07) is 28.5. The molecule has 39 heavy (non-hydrogen) atoms. The van der Waals surface area contributed by atoms with Crippen molar-refractivity contribution in [2.75, 3.05) is 19.5 Å². The normalized spacial score (nSPS) is 33.3. The smallest absolute Gasteiger partial charge is 0.264 e. The average molecular weight is 555 g/mol. The van der Waals surface area contributed by atoms with Gasteiger partial charge >= 0.3 is 0 Å². The van der Waals surface area contributed by atoms with Crippen LogP contribution < -0.4 is 0 Å². The summed E-state index contributed by atoms with van der Waals surface area (Å²) >= 11 is 0. The molecule has 206 valence electrons. The van der Waals surface area contributed by atoms with Gasteiger partial charge in [-0.25, -0.2) is 0 Å². The largest absolute Gasteiger partial charge is 0.346 e. The Hall–Kier alpha value is -2.67. The molecule has 3 aliphatic heterocycles. The molecule has 3 fully saturated rings. The summed E-state index contributed by atoms with van der Waals surface area (Å²) in [6.07, 6.45) is -4.91. The Morgan fingerprint density at radius 1 is 0.590 bits per heavy atom. The van der Waals surface area contributed by atoms with Crippen molar-refractivity contribution in [1.82, 2.24) is 0 Å². The summed E-state index contributed by atoms with van der Waals surface area (Å²) in [6.45, 7) is 0.223. The van der Waals surface area contributed by atoms with Crippen molar-refractivity contribution in [2.45, 2.75) is 49.4 Å². The lowest BCUT2D eigenvalue weighted by atomic mass is 9.95. The molecule has 0 amide bonds. The molecule has 0 N–H and O–H groups in total. The maximum absolute atomic E-state index is 12.2. The lowest BCUT2D eigenvalue weighted by molar-refractivity contribution is -0.390. The zero-order valence-electron chi connectivity index (χ0n) is 21.3. The van der Waals surface area contributed by atoms with E-state index in [0.29, 0.717) is 0 Å². The van der Waals surface area contributed by atoms with Crippen molar-refractivity contribution in [1.29, 1.82) is 0 Å². The Morgan fingerprint density at radius 2 is 1.05 bits per heavy atom. The van der Waals surface area contributed by atoms with Crippen molar-refractivity contribution in [3.05, 3.63) is 108 Å². The number of rotatable bonds is 6. The Morgan fingerprint density at radius 3 is 1.59 bits per heavy atom. The van der Waals surface area contributed by atoms with Gasteiger partial charge in [0.1, 0.15) is 30.5 Å². The monoisotopic (exact) mass is 554 g/mol. The third-order valence-electron chi connectivity index (χ3n) is 6.86. The molecule has 8 atom stereocenters. The zero-order valence-corrected chi connectivity index (χ0v) is 22.1. The van der Waals surface area contributed by atoms with Gasteiger partial charge in [0.2, 0.25) is 0 Å². The fourth-order valence-corrected chi connectivity index (χ4v) is 5.72. The lowest BCUT2D eigenvalue weighted by Gasteiger charge is -2.50. The molecule has 9 nitrogen and oxygen atoms in total. The van der Waals surface area contributed by atoms with Crippen molar-refractivity contribution in [2.24, 2.45) is 0 Å². The second-order valence-electron chi connectivity index (χ2n) is 9.71. The first kappa shape index (κ1) is 26.5. The highest BCUT2D eigenvalue weighted by Crippen LogP contribution is 2.42. The highest BCUT2D eigenvalue weighted by molar-refractivity contribution is 7.86. The molecule has 3 aromatic carbocycles. The van der Waals surface area contributed by atoms with Crippen LogP contribution in [0.1, 0.15) is 35.6 Å². The van der Waals surface area contributed by atoms with Crippen LogP contribution >= 0.6 is 0 Å². The van der Waals surface area contributed by atoms with Gasteiger partial charge in [0.05, 0.1) is 19.5 Å². The molecule has 0 saturated carbocycles. The number of hydrogen-bond acceptors (Lipinski definition) is 9. The number of hydrogen-bond donors (Lipinski definition) is 0. The van der Waals surface area contributed by atoms with E-state index in [4.69, 9.17) is 32.6 Å². The molecule has 0 aromatic heterocycles. The van der Waals surface area contributed by atoms with E-state index >= 15 is 0 Å². The number of fused-ring (bicyclic) bond motifs is 1. The van der Waals surface area contributed by atoms with Crippen molar-refractivity contribution in [3.63, 3.8) is 0 Å². The van der Waals surface area contributed by atoms with E-state index in [1.54, 1.807) is 0 Å². The van der Waals surface area contributed by atoms with E-state index in [0.717, 1.165) is 22.9 Å². The molecule has 8 unspecified atom stereocenters. The van der Waals surface area contributed by atoms with E-state index in [9.17, 15) is 8.42 Å². The third kappa shape index (κ3) is 6.08. The quantitative estimate of drug-likeness (QED) is 0.418. The SMILES string of the molecule is CS(=O)(=O)OC1COC(c2ccccc2)OC1C1OC(c2ccccc2)OC2COC(c3ccccc3)OC21. The van der Waals surface area contributed by atoms with Crippen LogP contribution in [0, 0.1) is 0 Å². The van der Waals surface area contributed by atoms with Crippen LogP contribution in [0.3, 0.4) is 0 Å². The van der Waals surface area contributed by atoms with Gasteiger partial charge in [-0.15, -0.1) is 0 Å². The Balaban J connectivity index is 1.35. The molecule has 3 saturated heterocycles. The molecule has 6 rings (SSSR count). The summed E-state index contributed by atoms with van der Waals surface area (Å²) < 4.78 is 67.6. The molecule has 3 aliphatic rings. The first-order valence-electron chi connectivity index (χ1n) is 12.8. The van der Waals surface area contributed by atoms with Crippen molar-refractivity contribution in [3.8, 4) is 0 Å². The van der Waals surface area contributed by atoms with E-state index < -0.39 is 59.5 Å². The zero-order chi connectivity index (χ0) is 26.8. The van der Waals surface area contributed by atoms with Crippen molar-refractivity contribution >= 4 is 10.1 Å². The number of benzene rings is 3. The van der Waals surface area contributed by atoms with Gasteiger partial charge in [0.25, 0.3) is 10.1 Å². The van der Waals surface area contributed by atoms with Gasteiger partial charge in [-0.05, 0) is 0 Å². The Kier molecular flexibility index (Phi) is 7.79. The topological polar surface area (TPSA) is 98.8 Å². The fourth-order valence-electron chi connectivity index (χ4n) is 5.11. The molecule has 0 spiro atoms. The van der Waals surface area contributed by atoms with E-state index in [1.807, 2.05) is 91.0 Å². The van der Waals surface area contributed by atoms with Gasteiger partial charge < -0.3 is 28.4 Å². The van der Waals surface area contributed by atoms with E-state index in [2.05, 4.69) is 0 Å².